The minimum atomic E-state index is 0.427. The minimum Gasteiger partial charge on any atom is -0.349 e. The first-order chi connectivity index (χ1) is 12.5. The summed E-state index contributed by atoms with van der Waals surface area (Å²) in [5.74, 6) is 0. The average molecular weight is 394 g/mol. The smallest absolute Gasteiger partial charge is 0.185 e. The van der Waals surface area contributed by atoms with Crippen LogP contribution in [0, 0.1) is 5.41 Å². The fraction of sp³-hybridized carbons (Fsp3) is 0.789. The molecule has 7 heteroatoms. The van der Waals surface area contributed by atoms with Crippen LogP contribution in [0.3, 0.4) is 0 Å². The van der Waals surface area contributed by atoms with Crippen molar-refractivity contribution >= 4 is 33.4 Å². The number of aromatic nitrogens is 1. The van der Waals surface area contributed by atoms with Gasteiger partial charge in [-0.15, -0.1) is 11.3 Å². The molecule has 0 aromatic carbocycles. The van der Waals surface area contributed by atoms with Gasteiger partial charge in [0.2, 0.25) is 0 Å². The van der Waals surface area contributed by atoms with Gasteiger partial charge in [-0.05, 0) is 18.3 Å². The molecule has 0 saturated carbocycles. The van der Waals surface area contributed by atoms with Gasteiger partial charge in [0.1, 0.15) is 0 Å². The first-order valence-electron chi connectivity index (χ1n) is 9.90. The number of anilines is 1. The molecule has 0 bridgehead atoms. The Balaban J connectivity index is 1.30. The van der Waals surface area contributed by atoms with Gasteiger partial charge >= 0.3 is 0 Å². The van der Waals surface area contributed by atoms with Crippen molar-refractivity contribution in [1.82, 2.24) is 14.8 Å². The van der Waals surface area contributed by atoms with E-state index in [1.807, 2.05) is 18.0 Å². The third-order valence-corrected chi connectivity index (χ3v) is 8.17. The molecule has 2 fully saturated rings. The van der Waals surface area contributed by atoms with Gasteiger partial charge in [0.25, 0.3) is 0 Å². The highest BCUT2D eigenvalue weighted by Gasteiger charge is 2.38. The number of hydrogen-bond acceptors (Lipinski definition) is 7. The average Bonchev–Trinajstić information content (AvgIpc) is 3.31. The number of thiazole rings is 1. The predicted molar refractivity (Wildman–Crippen MR) is 114 cm³/mol. The van der Waals surface area contributed by atoms with Crippen LogP contribution in [0.25, 0.3) is 0 Å². The number of piperidine rings is 1. The van der Waals surface area contributed by atoms with E-state index >= 15 is 0 Å². The molecular formula is C19H31N5S2. The van der Waals surface area contributed by atoms with Crippen molar-refractivity contribution in [2.45, 2.75) is 44.9 Å². The van der Waals surface area contributed by atoms with E-state index in [4.69, 9.17) is 4.99 Å². The molecule has 2 saturated heterocycles. The van der Waals surface area contributed by atoms with Crippen LogP contribution >= 0.6 is 23.1 Å². The van der Waals surface area contributed by atoms with Crippen molar-refractivity contribution in [2.24, 2.45) is 10.4 Å². The Kier molecular flexibility index (Phi) is 5.48. The predicted octanol–water partition coefficient (Wildman–Crippen LogP) is 3.25. The molecule has 0 aliphatic carbocycles. The Morgan fingerprint density at radius 1 is 1.15 bits per heavy atom. The zero-order chi connectivity index (χ0) is 18.1. The zero-order valence-corrected chi connectivity index (χ0v) is 17.9. The summed E-state index contributed by atoms with van der Waals surface area (Å²) < 4.78 is 0. The van der Waals surface area contributed by atoms with Gasteiger partial charge in [-0.1, -0.05) is 32.5 Å². The summed E-state index contributed by atoms with van der Waals surface area (Å²) in [6.45, 7) is 15.0. The summed E-state index contributed by atoms with van der Waals surface area (Å²) in [6, 6.07) is 0.503. The van der Waals surface area contributed by atoms with E-state index in [0.29, 0.717) is 16.7 Å². The van der Waals surface area contributed by atoms with Crippen molar-refractivity contribution in [1.29, 1.82) is 0 Å². The molecule has 4 rings (SSSR count). The first kappa shape index (κ1) is 18.6. The first-order valence-corrected chi connectivity index (χ1v) is 11.7. The lowest BCUT2D eigenvalue weighted by Crippen LogP contribution is -2.50. The minimum absolute atomic E-state index is 0.427. The van der Waals surface area contributed by atoms with E-state index in [9.17, 15) is 0 Å². The second kappa shape index (κ2) is 7.68. The third-order valence-electron chi connectivity index (χ3n) is 6.00. The highest BCUT2D eigenvalue weighted by Crippen LogP contribution is 2.36. The summed E-state index contributed by atoms with van der Waals surface area (Å²) in [5.41, 5.74) is 0.427. The van der Waals surface area contributed by atoms with Crippen molar-refractivity contribution in [3.63, 3.8) is 0 Å². The maximum Gasteiger partial charge on any atom is 0.185 e. The van der Waals surface area contributed by atoms with Gasteiger partial charge in [0.15, 0.2) is 10.3 Å². The van der Waals surface area contributed by atoms with Crippen LogP contribution in [-0.4, -0.2) is 77.1 Å². The summed E-state index contributed by atoms with van der Waals surface area (Å²) >= 11 is 3.76. The lowest BCUT2D eigenvalue weighted by molar-refractivity contribution is 0.127. The zero-order valence-electron chi connectivity index (χ0n) is 16.2. The second-order valence-electron chi connectivity index (χ2n) is 8.47. The van der Waals surface area contributed by atoms with Crippen LogP contribution < -0.4 is 4.90 Å². The Morgan fingerprint density at radius 3 is 2.65 bits per heavy atom. The van der Waals surface area contributed by atoms with E-state index < -0.39 is 0 Å². The maximum absolute atomic E-state index is 5.11. The van der Waals surface area contributed by atoms with Gasteiger partial charge in [0, 0.05) is 57.4 Å². The fourth-order valence-electron chi connectivity index (χ4n) is 3.99. The molecule has 0 spiro atoms. The van der Waals surface area contributed by atoms with Crippen LogP contribution in [0.4, 0.5) is 5.13 Å². The Hall–Kier alpha value is -0.790. The van der Waals surface area contributed by atoms with E-state index in [-0.39, 0.29) is 0 Å². The molecule has 4 heterocycles. The Labute approximate surface area is 165 Å². The van der Waals surface area contributed by atoms with Gasteiger partial charge in [-0.3, -0.25) is 9.89 Å². The Morgan fingerprint density at radius 2 is 1.96 bits per heavy atom. The normalized spacial score (nSPS) is 27.6. The fourth-order valence-corrected chi connectivity index (χ4v) is 6.08. The van der Waals surface area contributed by atoms with Gasteiger partial charge in [-0.2, -0.15) is 0 Å². The van der Waals surface area contributed by atoms with Gasteiger partial charge in [-0.25, -0.2) is 4.98 Å². The highest BCUT2D eigenvalue weighted by atomic mass is 32.2. The number of piperazine rings is 1. The molecule has 0 amide bonds. The van der Waals surface area contributed by atoms with Crippen LogP contribution in [0.2, 0.25) is 0 Å². The molecule has 0 radical (unpaired) electrons. The van der Waals surface area contributed by atoms with Crippen LogP contribution in [-0.2, 0) is 0 Å². The van der Waals surface area contributed by atoms with E-state index in [1.54, 1.807) is 11.3 Å². The molecule has 3 aliphatic rings. The summed E-state index contributed by atoms with van der Waals surface area (Å²) in [7, 11) is 0. The van der Waals surface area contributed by atoms with Crippen molar-refractivity contribution in [2.75, 3.05) is 50.7 Å². The third kappa shape index (κ3) is 4.04. The molecule has 5 nitrogen and oxygen atoms in total. The second-order valence-corrected chi connectivity index (χ2v) is 10.5. The number of nitrogens with zero attached hydrogens (tertiary/aromatic N) is 5. The molecule has 144 valence electrons. The van der Waals surface area contributed by atoms with Crippen molar-refractivity contribution < 1.29 is 0 Å². The maximum atomic E-state index is 5.11. The molecule has 0 N–H and O–H groups in total. The van der Waals surface area contributed by atoms with Gasteiger partial charge < -0.3 is 9.80 Å². The molecule has 3 aliphatic heterocycles. The standard InChI is InChI=1S/C19H31N5S2/c1-4-19(2,3)14-22-8-10-23(11-9-22)18-21-15-5-7-24(13-16(15)26-18)17-20-6-12-25-17/h6,12,15-16H,4-5,7-11,13-14H2,1-3H3. The highest BCUT2D eigenvalue weighted by molar-refractivity contribution is 8.14. The number of fused-ring (bicyclic) bond motifs is 1. The molecule has 1 aromatic heterocycles. The van der Waals surface area contributed by atoms with Crippen LogP contribution in [0.1, 0.15) is 33.6 Å². The number of rotatable bonds is 4. The number of amidine groups is 1. The summed E-state index contributed by atoms with van der Waals surface area (Å²) in [6.07, 6.45) is 4.31. The molecular weight excluding hydrogens is 362 g/mol. The van der Waals surface area contributed by atoms with Crippen molar-refractivity contribution in [3.8, 4) is 0 Å². The van der Waals surface area contributed by atoms with Crippen LogP contribution in [0.5, 0.6) is 0 Å². The van der Waals surface area contributed by atoms with Crippen molar-refractivity contribution in [3.05, 3.63) is 11.6 Å². The SMILES string of the molecule is CCC(C)(C)CN1CCN(C2=NC3CCN(c4nccs4)CC3S2)CC1. The van der Waals surface area contributed by atoms with E-state index in [0.717, 1.165) is 32.6 Å². The van der Waals surface area contributed by atoms with E-state index in [1.165, 1.54) is 36.4 Å². The monoisotopic (exact) mass is 393 g/mol. The quantitative estimate of drug-likeness (QED) is 0.785. The van der Waals surface area contributed by atoms with Gasteiger partial charge in [0.05, 0.1) is 11.3 Å². The topological polar surface area (TPSA) is 35.0 Å². The number of aliphatic imine (C=N–C) groups is 1. The van der Waals surface area contributed by atoms with Crippen LogP contribution in [0.15, 0.2) is 16.6 Å². The summed E-state index contributed by atoms with van der Waals surface area (Å²) in [5, 5.41) is 5.14. The molecule has 2 atom stereocenters. The largest absolute Gasteiger partial charge is 0.349 e. The Bertz CT molecular complexity index is 622. The lowest BCUT2D eigenvalue weighted by Gasteiger charge is -2.39. The van der Waals surface area contributed by atoms with E-state index in [2.05, 4.69) is 45.8 Å². The molecule has 1 aromatic rings. The lowest BCUT2D eigenvalue weighted by atomic mass is 9.89. The number of thioether (sulfide) groups is 1. The summed E-state index contributed by atoms with van der Waals surface area (Å²) in [4.78, 5) is 17.2. The molecule has 2 unspecified atom stereocenters. The molecule has 26 heavy (non-hydrogen) atoms. The number of hydrogen-bond donors (Lipinski definition) is 0.